The van der Waals surface area contributed by atoms with Crippen LogP contribution in [0.1, 0.15) is 59.3 Å². The van der Waals surface area contributed by atoms with Gasteiger partial charge in [0.05, 0.1) is 6.10 Å². The van der Waals surface area contributed by atoms with Gasteiger partial charge in [0.25, 0.3) is 0 Å². The van der Waals surface area contributed by atoms with E-state index in [1.807, 2.05) is 0 Å². The van der Waals surface area contributed by atoms with Gasteiger partial charge in [-0.05, 0) is 68.9 Å². The molecule has 22 heavy (non-hydrogen) atoms. The van der Waals surface area contributed by atoms with Gasteiger partial charge >= 0.3 is 0 Å². The molecule has 0 aromatic carbocycles. The maximum absolute atomic E-state index is 10.4. The largest absolute Gasteiger partial charge is 0.390 e. The molecule has 3 heteroatoms. The molecule has 0 unspecified atom stereocenters. The van der Waals surface area contributed by atoms with E-state index in [-0.39, 0.29) is 6.10 Å². The summed E-state index contributed by atoms with van der Waals surface area (Å²) in [6.07, 6.45) is 8.11. The summed E-state index contributed by atoms with van der Waals surface area (Å²) < 4.78 is 0. The summed E-state index contributed by atoms with van der Waals surface area (Å²) in [4.78, 5) is 5.08. The molecule has 0 bridgehead atoms. The maximum atomic E-state index is 10.4. The van der Waals surface area contributed by atoms with E-state index in [1.165, 1.54) is 58.2 Å². The lowest BCUT2D eigenvalue weighted by Crippen LogP contribution is -2.41. The molecule has 0 aromatic rings. The number of β-amino-alcohol motifs (C(OH)–C–C–N with tert-alkyl or cyclic N) is 1. The van der Waals surface area contributed by atoms with Crippen molar-refractivity contribution in [2.75, 3.05) is 32.7 Å². The predicted molar refractivity (Wildman–Crippen MR) is 91.9 cm³/mol. The molecule has 0 aromatic heterocycles. The molecule has 3 aliphatic rings. The number of likely N-dealkylation sites (tertiary alicyclic amines) is 2. The zero-order valence-corrected chi connectivity index (χ0v) is 14.9. The van der Waals surface area contributed by atoms with Gasteiger partial charge in [-0.15, -0.1) is 0 Å². The normalized spacial score (nSPS) is 38.7. The smallest absolute Gasteiger partial charge is 0.0834 e. The Morgan fingerprint density at radius 3 is 2.18 bits per heavy atom. The van der Waals surface area contributed by atoms with Gasteiger partial charge in [0.1, 0.15) is 0 Å². The van der Waals surface area contributed by atoms with E-state index in [0.717, 1.165) is 24.9 Å². The third-order valence-corrected chi connectivity index (χ3v) is 6.53. The summed E-state index contributed by atoms with van der Waals surface area (Å²) in [6.45, 7) is 12.8. The molecule has 3 rings (SSSR count). The van der Waals surface area contributed by atoms with Crippen LogP contribution in [0, 0.1) is 17.3 Å². The molecule has 0 radical (unpaired) electrons. The molecule has 2 heterocycles. The minimum absolute atomic E-state index is 0.121. The lowest BCUT2D eigenvalue weighted by molar-refractivity contribution is 0.0970. The van der Waals surface area contributed by atoms with Gasteiger partial charge in [-0.2, -0.15) is 0 Å². The van der Waals surface area contributed by atoms with Crippen LogP contribution in [0.3, 0.4) is 0 Å². The van der Waals surface area contributed by atoms with Crippen molar-refractivity contribution in [1.82, 2.24) is 9.80 Å². The van der Waals surface area contributed by atoms with Crippen molar-refractivity contribution in [1.29, 1.82) is 0 Å². The summed E-state index contributed by atoms with van der Waals surface area (Å²) >= 11 is 0. The second-order valence-electron chi connectivity index (χ2n) is 9.18. The Labute approximate surface area is 137 Å². The van der Waals surface area contributed by atoms with Gasteiger partial charge in [-0.1, -0.05) is 20.8 Å². The van der Waals surface area contributed by atoms with Crippen molar-refractivity contribution in [2.45, 2.75) is 71.4 Å². The fraction of sp³-hybridized carbons (Fsp3) is 1.00. The first kappa shape index (κ1) is 16.7. The summed E-state index contributed by atoms with van der Waals surface area (Å²) in [6, 6.07) is 0.411. The molecule has 1 aliphatic carbocycles. The number of hydrogen-bond acceptors (Lipinski definition) is 3. The second-order valence-corrected chi connectivity index (χ2v) is 9.18. The number of aliphatic hydroxyl groups is 1. The highest BCUT2D eigenvalue weighted by molar-refractivity contribution is 4.93. The fourth-order valence-electron chi connectivity index (χ4n) is 5.00. The monoisotopic (exact) mass is 308 g/mol. The van der Waals surface area contributed by atoms with Crippen LogP contribution in [0.5, 0.6) is 0 Å². The van der Waals surface area contributed by atoms with Crippen LogP contribution in [0.25, 0.3) is 0 Å². The minimum atomic E-state index is -0.121. The Hall–Kier alpha value is -0.120. The standard InChI is InChI=1S/C19H36N2O/c1-19(2,3)16-8-6-15(7-9-16)12-20-13-17(18(22)14-20)21-10-4-5-11-21/h15-18,22H,4-14H2,1-3H3/t15?,16?,17-,18-/m1/s1. The Kier molecular flexibility index (Phi) is 5.16. The van der Waals surface area contributed by atoms with Crippen LogP contribution >= 0.6 is 0 Å². The Bertz CT molecular complexity index is 351. The predicted octanol–water partition coefficient (Wildman–Crippen LogP) is 2.98. The Balaban J connectivity index is 1.45. The quantitative estimate of drug-likeness (QED) is 0.868. The van der Waals surface area contributed by atoms with Crippen LogP contribution in [0.2, 0.25) is 0 Å². The van der Waals surface area contributed by atoms with Crippen LogP contribution in [-0.2, 0) is 0 Å². The first-order chi connectivity index (χ1) is 10.4. The van der Waals surface area contributed by atoms with Crippen LogP contribution in [-0.4, -0.2) is 59.8 Å². The number of nitrogens with zero attached hydrogens (tertiary/aromatic N) is 2. The average molecular weight is 309 g/mol. The average Bonchev–Trinajstić information content (AvgIpc) is 3.08. The highest BCUT2D eigenvalue weighted by atomic mass is 16.3. The van der Waals surface area contributed by atoms with Crippen molar-refractivity contribution in [3.63, 3.8) is 0 Å². The van der Waals surface area contributed by atoms with Crippen molar-refractivity contribution in [3.8, 4) is 0 Å². The number of aliphatic hydroxyl groups excluding tert-OH is 1. The van der Waals surface area contributed by atoms with Gasteiger partial charge in [-0.25, -0.2) is 0 Å². The Morgan fingerprint density at radius 2 is 1.59 bits per heavy atom. The SMILES string of the molecule is CC(C)(C)C1CCC(CN2C[C@@H](O)[C@H](N3CCCC3)C2)CC1. The van der Waals surface area contributed by atoms with Crippen LogP contribution in [0.15, 0.2) is 0 Å². The molecule has 3 nitrogen and oxygen atoms in total. The number of rotatable bonds is 3. The van der Waals surface area contributed by atoms with Gasteiger partial charge in [0, 0.05) is 25.7 Å². The molecule has 0 amide bonds. The second kappa shape index (κ2) is 6.78. The molecular weight excluding hydrogens is 272 g/mol. The van der Waals surface area contributed by atoms with E-state index >= 15 is 0 Å². The zero-order chi connectivity index (χ0) is 15.7. The first-order valence-corrected chi connectivity index (χ1v) is 9.58. The molecule has 2 saturated heterocycles. The fourth-order valence-corrected chi connectivity index (χ4v) is 5.00. The summed E-state index contributed by atoms with van der Waals surface area (Å²) in [5.74, 6) is 1.77. The van der Waals surface area contributed by atoms with E-state index in [4.69, 9.17) is 0 Å². The van der Waals surface area contributed by atoms with Crippen molar-refractivity contribution in [3.05, 3.63) is 0 Å². The van der Waals surface area contributed by atoms with E-state index in [9.17, 15) is 5.11 Å². The molecular formula is C19H36N2O. The lowest BCUT2D eigenvalue weighted by atomic mass is 9.70. The number of hydrogen-bond donors (Lipinski definition) is 1. The van der Waals surface area contributed by atoms with Crippen LogP contribution in [0.4, 0.5) is 0 Å². The lowest BCUT2D eigenvalue weighted by Gasteiger charge is -2.38. The highest BCUT2D eigenvalue weighted by Gasteiger charge is 2.38. The third-order valence-electron chi connectivity index (χ3n) is 6.53. The zero-order valence-electron chi connectivity index (χ0n) is 14.9. The topological polar surface area (TPSA) is 26.7 Å². The molecule has 1 saturated carbocycles. The van der Waals surface area contributed by atoms with E-state index in [2.05, 4.69) is 30.6 Å². The van der Waals surface area contributed by atoms with Crippen molar-refractivity contribution < 1.29 is 5.11 Å². The van der Waals surface area contributed by atoms with Crippen molar-refractivity contribution in [2.24, 2.45) is 17.3 Å². The first-order valence-electron chi connectivity index (χ1n) is 9.58. The highest BCUT2D eigenvalue weighted by Crippen LogP contribution is 2.40. The van der Waals surface area contributed by atoms with Gasteiger partial charge in [0.15, 0.2) is 0 Å². The third kappa shape index (κ3) is 3.85. The van der Waals surface area contributed by atoms with E-state index in [1.54, 1.807) is 0 Å². The van der Waals surface area contributed by atoms with Crippen molar-refractivity contribution >= 4 is 0 Å². The summed E-state index contributed by atoms with van der Waals surface area (Å²) in [5, 5.41) is 10.4. The van der Waals surface area contributed by atoms with E-state index < -0.39 is 0 Å². The molecule has 2 atom stereocenters. The van der Waals surface area contributed by atoms with Crippen LogP contribution < -0.4 is 0 Å². The maximum Gasteiger partial charge on any atom is 0.0834 e. The molecule has 1 N–H and O–H groups in total. The molecule has 2 aliphatic heterocycles. The van der Waals surface area contributed by atoms with Gasteiger partial charge in [0.2, 0.25) is 0 Å². The van der Waals surface area contributed by atoms with Gasteiger partial charge in [-0.3, -0.25) is 9.80 Å². The molecule has 128 valence electrons. The molecule has 0 spiro atoms. The summed E-state index contributed by atoms with van der Waals surface area (Å²) in [7, 11) is 0. The van der Waals surface area contributed by atoms with E-state index in [0.29, 0.717) is 11.5 Å². The minimum Gasteiger partial charge on any atom is -0.390 e. The Morgan fingerprint density at radius 1 is 0.955 bits per heavy atom. The summed E-state index contributed by atoms with van der Waals surface area (Å²) in [5.41, 5.74) is 0.482. The molecule has 3 fully saturated rings. The van der Waals surface area contributed by atoms with Gasteiger partial charge < -0.3 is 5.11 Å².